The third-order valence-electron chi connectivity index (χ3n) is 5.22. The van der Waals surface area contributed by atoms with E-state index in [1.54, 1.807) is 38.3 Å². The average molecular weight is 477 g/mol. The molecule has 34 heavy (non-hydrogen) atoms. The van der Waals surface area contributed by atoms with Crippen LogP contribution in [-0.2, 0) is 11.4 Å². The molecule has 8 heteroatoms. The van der Waals surface area contributed by atoms with Crippen molar-refractivity contribution in [3.8, 4) is 11.5 Å². The highest BCUT2D eigenvalue weighted by atomic mass is 35.5. The topological polar surface area (TPSA) is 88.4 Å². The van der Waals surface area contributed by atoms with Gasteiger partial charge in [-0.25, -0.2) is 4.79 Å². The third kappa shape index (κ3) is 4.79. The first kappa shape index (κ1) is 23.1. The monoisotopic (exact) mass is 476 g/mol. The minimum Gasteiger partial charge on any atom is -0.493 e. The molecule has 172 valence electrons. The van der Waals surface area contributed by atoms with Crippen molar-refractivity contribution in [2.24, 2.45) is 5.10 Å². The largest absolute Gasteiger partial charge is 0.493 e. The fraction of sp³-hybridized carbons (Fsp3) is 0.115. The van der Waals surface area contributed by atoms with Crippen molar-refractivity contribution in [1.29, 1.82) is 0 Å². The number of methoxy groups -OCH3 is 1. The second-order valence-corrected chi connectivity index (χ2v) is 7.92. The summed E-state index contributed by atoms with van der Waals surface area (Å²) < 4.78 is 11.4. The number of benzene rings is 3. The van der Waals surface area contributed by atoms with Crippen LogP contribution in [0.15, 0.2) is 77.4 Å². The lowest BCUT2D eigenvalue weighted by Gasteiger charge is -2.13. The number of hydrogen-bond donors (Lipinski definition) is 1. The predicted octanol–water partition coefficient (Wildman–Crippen LogP) is 5.43. The number of rotatable bonds is 7. The summed E-state index contributed by atoms with van der Waals surface area (Å²) in [6.45, 7) is 2.11. The van der Waals surface area contributed by atoms with Crippen LogP contribution in [0.2, 0.25) is 5.02 Å². The van der Waals surface area contributed by atoms with Crippen molar-refractivity contribution in [3.63, 3.8) is 0 Å². The lowest BCUT2D eigenvalue weighted by molar-refractivity contribution is -0.114. The molecule has 0 unspecified atom stereocenters. The standard InChI is InChI=1S/C26H21ClN2O5/c1-16-20(25(30)29(28-16)19-9-10-22(27)21(14-19)26(31)32)12-18-8-11-23(24(13-18)33-2)34-15-17-6-4-3-5-7-17/h3-14H,15H2,1-2H3,(H,31,32)/b20-12+. The lowest BCUT2D eigenvalue weighted by atomic mass is 10.1. The molecule has 3 aromatic carbocycles. The van der Waals surface area contributed by atoms with Crippen LogP contribution < -0.4 is 14.5 Å². The van der Waals surface area contributed by atoms with E-state index in [9.17, 15) is 14.7 Å². The van der Waals surface area contributed by atoms with Crippen molar-refractivity contribution < 1.29 is 24.2 Å². The number of nitrogens with zero attached hydrogens (tertiary/aromatic N) is 2. The van der Waals surface area contributed by atoms with E-state index in [0.717, 1.165) is 11.1 Å². The van der Waals surface area contributed by atoms with Crippen LogP contribution in [0, 0.1) is 0 Å². The predicted molar refractivity (Wildman–Crippen MR) is 131 cm³/mol. The van der Waals surface area contributed by atoms with Gasteiger partial charge in [0.2, 0.25) is 0 Å². The Bertz CT molecular complexity index is 1320. The molecule has 1 aliphatic heterocycles. The summed E-state index contributed by atoms with van der Waals surface area (Å²) in [7, 11) is 1.55. The quantitative estimate of drug-likeness (QED) is 0.459. The molecule has 0 atom stereocenters. The first-order valence-corrected chi connectivity index (χ1v) is 10.7. The van der Waals surface area contributed by atoms with Gasteiger partial charge in [-0.2, -0.15) is 10.1 Å². The van der Waals surface area contributed by atoms with E-state index < -0.39 is 5.97 Å². The molecule has 1 N–H and O–H groups in total. The second-order valence-electron chi connectivity index (χ2n) is 7.51. The Kier molecular flexibility index (Phi) is 6.65. The zero-order chi connectivity index (χ0) is 24.2. The van der Waals surface area contributed by atoms with Crippen LogP contribution in [-0.4, -0.2) is 29.8 Å². The molecule has 0 saturated heterocycles. The Morgan fingerprint density at radius 1 is 1.09 bits per heavy atom. The highest BCUT2D eigenvalue weighted by Gasteiger charge is 2.29. The van der Waals surface area contributed by atoms with Gasteiger partial charge < -0.3 is 14.6 Å². The zero-order valence-electron chi connectivity index (χ0n) is 18.5. The summed E-state index contributed by atoms with van der Waals surface area (Å²) >= 11 is 5.94. The summed E-state index contributed by atoms with van der Waals surface area (Å²) in [6.07, 6.45) is 1.71. The van der Waals surface area contributed by atoms with E-state index in [1.165, 1.54) is 17.1 Å². The molecular weight excluding hydrogens is 456 g/mol. The van der Waals surface area contributed by atoms with Gasteiger partial charge in [0.05, 0.1) is 34.7 Å². The minimum absolute atomic E-state index is 0.0843. The fourth-order valence-electron chi connectivity index (χ4n) is 3.46. The number of carboxylic acids is 1. The van der Waals surface area contributed by atoms with Gasteiger partial charge in [0.15, 0.2) is 11.5 Å². The van der Waals surface area contributed by atoms with Gasteiger partial charge in [-0.3, -0.25) is 4.79 Å². The molecule has 0 radical (unpaired) electrons. The van der Waals surface area contributed by atoms with Crippen LogP contribution in [0.3, 0.4) is 0 Å². The molecule has 0 bridgehead atoms. The molecule has 4 rings (SSSR count). The molecule has 7 nitrogen and oxygen atoms in total. The highest BCUT2D eigenvalue weighted by molar-refractivity contribution is 6.34. The van der Waals surface area contributed by atoms with Gasteiger partial charge in [-0.15, -0.1) is 0 Å². The van der Waals surface area contributed by atoms with E-state index >= 15 is 0 Å². The first-order valence-electron chi connectivity index (χ1n) is 10.4. The lowest BCUT2D eigenvalue weighted by Crippen LogP contribution is -2.21. The second kappa shape index (κ2) is 9.80. The normalized spacial score (nSPS) is 14.3. The number of carboxylic acid groups (broad SMARTS) is 1. The molecule has 3 aromatic rings. The van der Waals surface area contributed by atoms with Crippen molar-refractivity contribution in [1.82, 2.24) is 0 Å². The molecule has 1 aliphatic rings. The number of hydrazone groups is 1. The summed E-state index contributed by atoms with van der Waals surface area (Å²) in [6, 6.07) is 19.5. The van der Waals surface area contributed by atoms with E-state index in [1.807, 2.05) is 36.4 Å². The molecule has 0 spiro atoms. The van der Waals surface area contributed by atoms with Crippen LogP contribution in [0.4, 0.5) is 5.69 Å². The maximum Gasteiger partial charge on any atom is 0.337 e. The van der Waals surface area contributed by atoms with Gasteiger partial charge in [0, 0.05) is 0 Å². The van der Waals surface area contributed by atoms with Crippen molar-refractivity contribution in [2.45, 2.75) is 13.5 Å². The number of hydrogen-bond acceptors (Lipinski definition) is 5. The maximum absolute atomic E-state index is 13.1. The number of halogens is 1. The van der Waals surface area contributed by atoms with Crippen LogP contribution in [0.5, 0.6) is 11.5 Å². The SMILES string of the molecule is COc1cc(/C=C2/C(=O)N(c3ccc(Cl)c(C(=O)O)c3)N=C2C)ccc1OCc1ccccc1. The van der Waals surface area contributed by atoms with Gasteiger partial charge in [0.25, 0.3) is 5.91 Å². The maximum atomic E-state index is 13.1. The van der Waals surface area contributed by atoms with Gasteiger partial charge in [-0.05, 0) is 54.5 Å². The number of aromatic carboxylic acids is 1. The zero-order valence-corrected chi connectivity index (χ0v) is 19.2. The fourth-order valence-corrected chi connectivity index (χ4v) is 3.66. The van der Waals surface area contributed by atoms with E-state index in [2.05, 4.69) is 5.10 Å². The summed E-state index contributed by atoms with van der Waals surface area (Å²) in [5, 5.41) is 14.9. The molecular formula is C26H21ClN2O5. The smallest absolute Gasteiger partial charge is 0.337 e. The van der Waals surface area contributed by atoms with Crippen LogP contribution in [0.25, 0.3) is 6.08 Å². The number of anilines is 1. The Morgan fingerprint density at radius 3 is 2.56 bits per heavy atom. The van der Waals surface area contributed by atoms with Crippen LogP contribution >= 0.6 is 11.6 Å². The van der Waals surface area contributed by atoms with Gasteiger partial charge >= 0.3 is 5.97 Å². The van der Waals surface area contributed by atoms with E-state index in [4.69, 9.17) is 21.1 Å². The Labute approximate surface area is 201 Å². The summed E-state index contributed by atoms with van der Waals surface area (Å²) in [5.41, 5.74) is 2.86. The summed E-state index contributed by atoms with van der Waals surface area (Å²) in [5.74, 6) is -0.442. The number of carbonyl (C=O) groups excluding carboxylic acids is 1. The molecule has 0 aromatic heterocycles. The first-order chi connectivity index (χ1) is 16.4. The number of amides is 1. The molecule has 0 fully saturated rings. The van der Waals surface area contributed by atoms with Crippen LogP contribution in [0.1, 0.15) is 28.4 Å². The molecule has 0 aliphatic carbocycles. The van der Waals surface area contributed by atoms with Gasteiger partial charge in [0.1, 0.15) is 6.61 Å². The Morgan fingerprint density at radius 2 is 1.85 bits per heavy atom. The minimum atomic E-state index is -1.18. The highest BCUT2D eigenvalue weighted by Crippen LogP contribution is 2.32. The molecule has 0 saturated carbocycles. The number of ether oxygens (including phenoxy) is 2. The molecule has 1 amide bonds. The van der Waals surface area contributed by atoms with Gasteiger partial charge in [-0.1, -0.05) is 48.0 Å². The average Bonchev–Trinajstić information content (AvgIpc) is 3.12. The van der Waals surface area contributed by atoms with E-state index in [0.29, 0.717) is 35.1 Å². The van der Waals surface area contributed by atoms with E-state index in [-0.39, 0.29) is 16.5 Å². The molecule has 1 heterocycles. The van der Waals surface area contributed by atoms with Crippen molar-refractivity contribution in [3.05, 3.63) is 94.0 Å². The Hall–Kier alpha value is -4.10. The Balaban J connectivity index is 1.57. The number of carbonyl (C=O) groups is 2. The van der Waals surface area contributed by atoms with Crippen molar-refractivity contribution in [2.75, 3.05) is 12.1 Å². The third-order valence-corrected chi connectivity index (χ3v) is 5.55. The summed E-state index contributed by atoms with van der Waals surface area (Å²) in [4.78, 5) is 24.5. The van der Waals surface area contributed by atoms with Crippen molar-refractivity contribution >= 4 is 41.0 Å².